The largest absolute Gasteiger partial charge is 0.470 e. The standard InChI is InChI=1S/C19H16F2N2O3/c20-18(21)26-16-11-22-19(25-13-15-9-5-2-6-10-15)23-17(16)24-12-14-7-3-1-4-8-14/h1-11,18H,12-13H2. The molecule has 0 N–H and O–H groups in total. The van der Waals surface area contributed by atoms with Crippen molar-refractivity contribution in [2.75, 3.05) is 0 Å². The lowest BCUT2D eigenvalue weighted by atomic mass is 10.2. The van der Waals surface area contributed by atoms with Crippen LogP contribution in [0.25, 0.3) is 0 Å². The minimum absolute atomic E-state index is 0.0125. The maximum atomic E-state index is 12.6. The van der Waals surface area contributed by atoms with Crippen molar-refractivity contribution >= 4 is 0 Å². The van der Waals surface area contributed by atoms with E-state index in [1.807, 2.05) is 60.7 Å². The summed E-state index contributed by atoms with van der Waals surface area (Å²) >= 11 is 0. The van der Waals surface area contributed by atoms with E-state index in [1.54, 1.807) is 0 Å². The molecule has 1 aromatic heterocycles. The third kappa shape index (κ3) is 5.14. The third-order valence-corrected chi connectivity index (χ3v) is 3.35. The van der Waals surface area contributed by atoms with Crippen molar-refractivity contribution in [2.45, 2.75) is 19.8 Å². The fourth-order valence-electron chi connectivity index (χ4n) is 2.14. The molecule has 26 heavy (non-hydrogen) atoms. The van der Waals surface area contributed by atoms with Gasteiger partial charge < -0.3 is 14.2 Å². The maximum absolute atomic E-state index is 12.6. The first-order valence-electron chi connectivity index (χ1n) is 7.86. The molecule has 134 valence electrons. The zero-order chi connectivity index (χ0) is 18.2. The molecule has 0 bridgehead atoms. The van der Waals surface area contributed by atoms with Gasteiger partial charge in [-0.15, -0.1) is 0 Å². The normalized spacial score (nSPS) is 10.6. The van der Waals surface area contributed by atoms with E-state index < -0.39 is 6.61 Å². The van der Waals surface area contributed by atoms with Crippen molar-refractivity contribution in [3.8, 4) is 17.6 Å². The van der Waals surface area contributed by atoms with Gasteiger partial charge in [-0.2, -0.15) is 18.7 Å². The number of rotatable bonds is 8. The van der Waals surface area contributed by atoms with E-state index in [2.05, 4.69) is 14.7 Å². The van der Waals surface area contributed by atoms with Crippen molar-refractivity contribution in [1.29, 1.82) is 0 Å². The van der Waals surface area contributed by atoms with Gasteiger partial charge in [-0.1, -0.05) is 60.7 Å². The van der Waals surface area contributed by atoms with Gasteiger partial charge in [-0.05, 0) is 11.1 Å². The molecule has 2 aromatic carbocycles. The van der Waals surface area contributed by atoms with E-state index in [4.69, 9.17) is 9.47 Å². The molecule has 3 rings (SSSR count). The Hall–Kier alpha value is -3.22. The van der Waals surface area contributed by atoms with Gasteiger partial charge in [0.1, 0.15) is 13.2 Å². The molecule has 0 aliphatic rings. The van der Waals surface area contributed by atoms with Crippen LogP contribution in [0.3, 0.4) is 0 Å². The third-order valence-electron chi connectivity index (χ3n) is 3.35. The number of hydrogen-bond donors (Lipinski definition) is 0. The van der Waals surface area contributed by atoms with E-state index >= 15 is 0 Å². The number of aromatic nitrogens is 2. The van der Waals surface area contributed by atoms with Crippen molar-refractivity contribution in [1.82, 2.24) is 9.97 Å². The monoisotopic (exact) mass is 358 g/mol. The van der Waals surface area contributed by atoms with Crippen molar-refractivity contribution in [3.05, 3.63) is 78.0 Å². The van der Waals surface area contributed by atoms with Gasteiger partial charge in [0.15, 0.2) is 0 Å². The van der Waals surface area contributed by atoms with Gasteiger partial charge in [0.25, 0.3) is 5.88 Å². The second-order valence-corrected chi connectivity index (χ2v) is 5.25. The molecule has 0 aliphatic heterocycles. The summed E-state index contributed by atoms with van der Waals surface area (Å²) in [6.45, 7) is -2.61. The van der Waals surface area contributed by atoms with Crippen LogP contribution in [0.5, 0.6) is 17.6 Å². The summed E-state index contributed by atoms with van der Waals surface area (Å²) in [5.74, 6) is -0.352. The lowest BCUT2D eigenvalue weighted by Gasteiger charge is -2.12. The first kappa shape index (κ1) is 17.6. The molecule has 0 atom stereocenters. The van der Waals surface area contributed by atoms with Gasteiger partial charge >= 0.3 is 12.6 Å². The van der Waals surface area contributed by atoms with Crippen LogP contribution in [-0.2, 0) is 13.2 Å². The second-order valence-electron chi connectivity index (χ2n) is 5.25. The zero-order valence-corrected chi connectivity index (χ0v) is 13.7. The molecular weight excluding hydrogens is 342 g/mol. The molecule has 0 aliphatic carbocycles. The lowest BCUT2D eigenvalue weighted by Crippen LogP contribution is -2.08. The Morgan fingerprint density at radius 2 is 1.38 bits per heavy atom. The summed E-state index contributed by atoms with van der Waals surface area (Å²) < 4.78 is 40.6. The highest BCUT2D eigenvalue weighted by atomic mass is 19.3. The smallest absolute Gasteiger partial charge is 0.387 e. The summed E-state index contributed by atoms with van der Waals surface area (Å²) in [6.07, 6.45) is 1.11. The van der Waals surface area contributed by atoms with Crippen molar-refractivity contribution < 1.29 is 23.0 Å². The average molecular weight is 358 g/mol. The second kappa shape index (κ2) is 8.75. The number of hydrogen-bond acceptors (Lipinski definition) is 5. The van der Waals surface area contributed by atoms with Crippen LogP contribution in [0, 0.1) is 0 Å². The molecule has 1 heterocycles. The van der Waals surface area contributed by atoms with Crippen LogP contribution in [-0.4, -0.2) is 16.6 Å². The van der Waals surface area contributed by atoms with Crippen LogP contribution in [0.1, 0.15) is 11.1 Å². The summed E-state index contributed by atoms with van der Waals surface area (Å²) in [4.78, 5) is 7.93. The predicted octanol–water partition coefficient (Wildman–Crippen LogP) is 4.24. The molecule has 0 saturated heterocycles. The van der Waals surface area contributed by atoms with Gasteiger partial charge in [0, 0.05) is 0 Å². The Labute approximate surface area is 149 Å². The quantitative estimate of drug-likeness (QED) is 0.603. The minimum Gasteiger partial charge on any atom is -0.470 e. The number of benzene rings is 2. The van der Waals surface area contributed by atoms with Crippen LogP contribution in [0.2, 0.25) is 0 Å². The van der Waals surface area contributed by atoms with Crippen LogP contribution in [0.15, 0.2) is 66.9 Å². The summed E-state index contributed by atoms with van der Waals surface area (Å²) in [6, 6.07) is 18.7. The number of ether oxygens (including phenoxy) is 3. The first-order chi connectivity index (χ1) is 12.7. The first-order valence-corrected chi connectivity index (χ1v) is 7.86. The predicted molar refractivity (Wildman–Crippen MR) is 90.2 cm³/mol. The van der Waals surface area contributed by atoms with Gasteiger partial charge in [0.05, 0.1) is 6.20 Å². The Morgan fingerprint density at radius 1 is 0.808 bits per heavy atom. The lowest BCUT2D eigenvalue weighted by molar-refractivity contribution is -0.0524. The molecule has 0 amide bonds. The highest BCUT2D eigenvalue weighted by Gasteiger charge is 2.15. The van der Waals surface area contributed by atoms with Crippen LogP contribution >= 0.6 is 0 Å². The Morgan fingerprint density at radius 3 is 1.96 bits per heavy atom. The minimum atomic E-state index is -3.01. The molecule has 7 heteroatoms. The number of nitrogens with zero attached hydrogens (tertiary/aromatic N) is 2. The zero-order valence-electron chi connectivity index (χ0n) is 13.7. The fraction of sp³-hybridized carbons (Fsp3) is 0.158. The molecule has 0 fully saturated rings. The number of halogens is 2. The summed E-state index contributed by atoms with van der Waals surface area (Å²) in [5, 5.41) is 0. The molecule has 0 spiro atoms. The SMILES string of the molecule is FC(F)Oc1cnc(OCc2ccccc2)nc1OCc1ccccc1. The van der Waals surface area contributed by atoms with E-state index in [0.717, 1.165) is 17.3 Å². The topological polar surface area (TPSA) is 53.5 Å². The fourth-order valence-corrected chi connectivity index (χ4v) is 2.14. The van der Waals surface area contributed by atoms with Gasteiger partial charge in [0.2, 0.25) is 5.75 Å². The molecule has 5 nitrogen and oxygen atoms in total. The summed E-state index contributed by atoms with van der Waals surface area (Å²) in [7, 11) is 0. The molecule has 0 saturated carbocycles. The van der Waals surface area contributed by atoms with Gasteiger partial charge in [-0.3, -0.25) is 0 Å². The Bertz CT molecular complexity index is 818. The molecule has 0 radical (unpaired) electrons. The van der Waals surface area contributed by atoms with Gasteiger partial charge in [-0.25, -0.2) is 0 Å². The highest BCUT2D eigenvalue weighted by molar-refractivity contribution is 5.32. The van der Waals surface area contributed by atoms with Crippen LogP contribution < -0.4 is 14.2 Å². The maximum Gasteiger partial charge on any atom is 0.387 e. The van der Waals surface area contributed by atoms with E-state index in [-0.39, 0.29) is 30.9 Å². The van der Waals surface area contributed by atoms with E-state index in [0.29, 0.717) is 0 Å². The number of alkyl halides is 2. The van der Waals surface area contributed by atoms with E-state index in [9.17, 15) is 8.78 Å². The molecular formula is C19H16F2N2O3. The Balaban J connectivity index is 1.72. The van der Waals surface area contributed by atoms with E-state index in [1.165, 1.54) is 0 Å². The van der Waals surface area contributed by atoms with Crippen molar-refractivity contribution in [2.24, 2.45) is 0 Å². The Kier molecular flexibility index (Phi) is 5.92. The summed E-state index contributed by atoms with van der Waals surface area (Å²) in [5.41, 5.74) is 1.79. The molecule has 0 unspecified atom stereocenters. The average Bonchev–Trinajstić information content (AvgIpc) is 2.67. The van der Waals surface area contributed by atoms with Crippen molar-refractivity contribution in [3.63, 3.8) is 0 Å². The highest BCUT2D eigenvalue weighted by Crippen LogP contribution is 2.28. The van der Waals surface area contributed by atoms with Crippen LogP contribution in [0.4, 0.5) is 8.78 Å². The molecule has 3 aromatic rings.